The molecule has 3 heteroatoms. The Morgan fingerprint density at radius 2 is 2.12 bits per heavy atom. The Labute approximate surface area is 99.2 Å². The lowest BCUT2D eigenvalue weighted by molar-refractivity contribution is -0.121. The van der Waals surface area contributed by atoms with E-state index in [0.717, 1.165) is 32.4 Å². The van der Waals surface area contributed by atoms with Gasteiger partial charge in [-0.2, -0.15) is 0 Å². The minimum absolute atomic E-state index is 0.243. The second kappa shape index (κ2) is 7.66. The largest absolute Gasteiger partial charge is 0.356 e. The molecule has 0 aromatic carbocycles. The fourth-order valence-electron chi connectivity index (χ4n) is 2.35. The van der Waals surface area contributed by atoms with Gasteiger partial charge in [0.15, 0.2) is 0 Å². The molecule has 1 aliphatic rings. The van der Waals surface area contributed by atoms with Gasteiger partial charge < -0.3 is 11.1 Å². The van der Waals surface area contributed by atoms with Gasteiger partial charge in [-0.3, -0.25) is 4.79 Å². The van der Waals surface area contributed by atoms with E-state index in [1.165, 1.54) is 25.7 Å². The van der Waals surface area contributed by atoms with Crippen LogP contribution < -0.4 is 11.1 Å². The lowest BCUT2D eigenvalue weighted by Gasteiger charge is -2.11. The lowest BCUT2D eigenvalue weighted by atomic mass is 10.0. The molecule has 0 aromatic heterocycles. The van der Waals surface area contributed by atoms with Crippen LogP contribution in [0.25, 0.3) is 0 Å². The molecule has 16 heavy (non-hydrogen) atoms. The molecule has 1 rings (SSSR count). The van der Waals surface area contributed by atoms with Crippen LogP contribution in [-0.2, 0) is 4.79 Å². The number of hydrogen-bond donors (Lipinski definition) is 2. The van der Waals surface area contributed by atoms with Crippen molar-refractivity contribution in [1.29, 1.82) is 0 Å². The quantitative estimate of drug-likeness (QED) is 0.653. The highest BCUT2D eigenvalue weighted by Gasteiger charge is 2.17. The summed E-state index contributed by atoms with van der Waals surface area (Å²) in [6.07, 6.45) is 8.02. The second-order valence-electron chi connectivity index (χ2n) is 5.19. The first kappa shape index (κ1) is 13.5. The molecular formula is C13H26N2O. The molecule has 1 amide bonds. The summed E-state index contributed by atoms with van der Waals surface area (Å²) in [5.74, 6) is 1.47. The number of rotatable bonds is 7. The first-order valence-corrected chi connectivity index (χ1v) is 6.69. The fourth-order valence-corrected chi connectivity index (χ4v) is 2.35. The van der Waals surface area contributed by atoms with Crippen LogP contribution in [0.3, 0.4) is 0 Å². The van der Waals surface area contributed by atoms with Gasteiger partial charge in [0.1, 0.15) is 0 Å². The first-order chi connectivity index (χ1) is 7.72. The Morgan fingerprint density at radius 3 is 2.75 bits per heavy atom. The topological polar surface area (TPSA) is 55.1 Å². The molecule has 1 fully saturated rings. The highest BCUT2D eigenvalue weighted by atomic mass is 16.1. The van der Waals surface area contributed by atoms with E-state index in [-0.39, 0.29) is 5.91 Å². The van der Waals surface area contributed by atoms with Crippen LogP contribution in [0.15, 0.2) is 0 Å². The molecule has 0 saturated heterocycles. The van der Waals surface area contributed by atoms with Crippen molar-refractivity contribution < 1.29 is 4.79 Å². The third-order valence-corrected chi connectivity index (χ3v) is 3.55. The highest BCUT2D eigenvalue weighted by Crippen LogP contribution is 2.27. The minimum atomic E-state index is 0.243. The summed E-state index contributed by atoms with van der Waals surface area (Å²) in [4.78, 5) is 11.6. The zero-order valence-electron chi connectivity index (χ0n) is 10.5. The van der Waals surface area contributed by atoms with Gasteiger partial charge in [-0.15, -0.1) is 0 Å². The monoisotopic (exact) mass is 226 g/mol. The maximum atomic E-state index is 11.6. The molecular weight excluding hydrogens is 200 g/mol. The maximum absolute atomic E-state index is 11.6. The van der Waals surface area contributed by atoms with Crippen molar-refractivity contribution in [3.05, 3.63) is 0 Å². The molecule has 1 atom stereocenters. The number of hydrogen-bond acceptors (Lipinski definition) is 2. The van der Waals surface area contributed by atoms with E-state index in [9.17, 15) is 4.79 Å². The van der Waals surface area contributed by atoms with Gasteiger partial charge in [0.2, 0.25) is 5.91 Å². The van der Waals surface area contributed by atoms with Gasteiger partial charge in [-0.25, -0.2) is 0 Å². The predicted octanol–water partition coefficient (Wildman–Crippen LogP) is 2.06. The number of nitrogens with two attached hydrogens (primary N) is 1. The smallest absolute Gasteiger partial charge is 0.220 e. The number of amides is 1. The Morgan fingerprint density at radius 1 is 1.44 bits per heavy atom. The molecule has 1 unspecified atom stereocenters. The standard InChI is InChI=1S/C13H26N2O/c1-11(10-14)5-4-8-15-13(16)9-12-6-2-3-7-12/h11-12H,2-10,14H2,1H3,(H,15,16). The van der Waals surface area contributed by atoms with Crippen molar-refractivity contribution in [3.63, 3.8) is 0 Å². The van der Waals surface area contributed by atoms with Crippen molar-refractivity contribution in [2.24, 2.45) is 17.6 Å². The highest BCUT2D eigenvalue weighted by molar-refractivity contribution is 5.76. The summed E-state index contributed by atoms with van der Waals surface area (Å²) >= 11 is 0. The van der Waals surface area contributed by atoms with Gasteiger partial charge in [0.25, 0.3) is 0 Å². The average molecular weight is 226 g/mol. The van der Waals surface area contributed by atoms with Crippen molar-refractivity contribution in [3.8, 4) is 0 Å². The van der Waals surface area contributed by atoms with Crippen molar-refractivity contribution in [2.45, 2.75) is 51.9 Å². The Bertz CT molecular complexity index is 200. The zero-order valence-corrected chi connectivity index (χ0v) is 10.5. The first-order valence-electron chi connectivity index (χ1n) is 6.69. The fraction of sp³-hybridized carbons (Fsp3) is 0.923. The van der Waals surface area contributed by atoms with E-state index < -0.39 is 0 Å². The van der Waals surface area contributed by atoms with Crippen molar-refractivity contribution in [2.75, 3.05) is 13.1 Å². The van der Waals surface area contributed by atoms with E-state index in [1.54, 1.807) is 0 Å². The van der Waals surface area contributed by atoms with E-state index in [4.69, 9.17) is 5.73 Å². The molecule has 0 spiro atoms. The third kappa shape index (κ3) is 5.50. The predicted molar refractivity (Wildman–Crippen MR) is 67.0 cm³/mol. The van der Waals surface area contributed by atoms with Crippen LogP contribution in [0.2, 0.25) is 0 Å². The average Bonchev–Trinajstić information content (AvgIpc) is 2.76. The van der Waals surface area contributed by atoms with Crippen molar-refractivity contribution >= 4 is 5.91 Å². The molecule has 0 radical (unpaired) electrons. The van der Waals surface area contributed by atoms with Crippen LogP contribution in [-0.4, -0.2) is 19.0 Å². The van der Waals surface area contributed by atoms with Gasteiger partial charge in [0.05, 0.1) is 0 Å². The molecule has 1 saturated carbocycles. The number of carbonyl (C=O) groups excluding carboxylic acids is 1. The molecule has 0 aromatic rings. The van der Waals surface area contributed by atoms with Gasteiger partial charge in [-0.1, -0.05) is 19.8 Å². The van der Waals surface area contributed by atoms with E-state index in [0.29, 0.717) is 11.8 Å². The second-order valence-corrected chi connectivity index (χ2v) is 5.19. The minimum Gasteiger partial charge on any atom is -0.356 e. The molecule has 3 nitrogen and oxygen atoms in total. The third-order valence-electron chi connectivity index (χ3n) is 3.55. The Hall–Kier alpha value is -0.570. The van der Waals surface area contributed by atoms with Crippen LogP contribution >= 0.6 is 0 Å². The molecule has 0 bridgehead atoms. The summed E-state index contributed by atoms with van der Waals surface area (Å²) in [5, 5.41) is 3.01. The lowest BCUT2D eigenvalue weighted by Crippen LogP contribution is -2.26. The zero-order chi connectivity index (χ0) is 11.8. The van der Waals surface area contributed by atoms with Crippen LogP contribution in [0.1, 0.15) is 51.9 Å². The summed E-state index contributed by atoms with van der Waals surface area (Å²) in [5.41, 5.74) is 5.54. The Balaban J connectivity index is 1.97. The van der Waals surface area contributed by atoms with E-state index in [1.807, 2.05) is 0 Å². The van der Waals surface area contributed by atoms with E-state index >= 15 is 0 Å². The summed E-state index contributed by atoms with van der Waals surface area (Å²) in [7, 11) is 0. The van der Waals surface area contributed by atoms with Crippen LogP contribution in [0.5, 0.6) is 0 Å². The summed E-state index contributed by atoms with van der Waals surface area (Å²) in [6, 6.07) is 0. The summed E-state index contributed by atoms with van der Waals surface area (Å²) < 4.78 is 0. The SMILES string of the molecule is CC(CN)CCCNC(=O)CC1CCCC1. The van der Waals surface area contributed by atoms with Gasteiger partial charge in [-0.05, 0) is 44.1 Å². The maximum Gasteiger partial charge on any atom is 0.220 e. The molecule has 3 N–H and O–H groups in total. The van der Waals surface area contributed by atoms with E-state index in [2.05, 4.69) is 12.2 Å². The molecule has 0 aliphatic heterocycles. The summed E-state index contributed by atoms with van der Waals surface area (Å²) in [6.45, 7) is 3.71. The van der Waals surface area contributed by atoms with Crippen molar-refractivity contribution in [1.82, 2.24) is 5.32 Å². The van der Waals surface area contributed by atoms with Crippen LogP contribution in [0.4, 0.5) is 0 Å². The molecule has 94 valence electrons. The normalized spacial score (nSPS) is 18.6. The number of carbonyl (C=O) groups is 1. The molecule has 1 aliphatic carbocycles. The Kier molecular flexibility index (Phi) is 6.46. The van der Waals surface area contributed by atoms with Gasteiger partial charge >= 0.3 is 0 Å². The van der Waals surface area contributed by atoms with Gasteiger partial charge in [0, 0.05) is 13.0 Å². The molecule has 0 heterocycles. The number of nitrogens with one attached hydrogen (secondary N) is 1. The van der Waals surface area contributed by atoms with Crippen LogP contribution in [0, 0.1) is 11.8 Å².